The van der Waals surface area contributed by atoms with E-state index in [2.05, 4.69) is 16.9 Å². The fourth-order valence-corrected chi connectivity index (χ4v) is 1.50. The van der Waals surface area contributed by atoms with E-state index in [9.17, 15) is 0 Å². The average Bonchev–Trinajstić information content (AvgIpc) is 2.39. The third-order valence-electron chi connectivity index (χ3n) is 2.66. The van der Waals surface area contributed by atoms with Crippen LogP contribution in [0.1, 0.15) is 24.9 Å². The fraction of sp³-hybridized carbons (Fsp3) is 0.692. The second-order valence-electron chi connectivity index (χ2n) is 4.19. The Hall–Kier alpha value is -1.04. The molecule has 5 heteroatoms. The summed E-state index contributed by atoms with van der Waals surface area (Å²) in [5.41, 5.74) is 6.92. The maximum absolute atomic E-state index is 5.91. The number of nitrogens with zero attached hydrogens (tertiary/aromatic N) is 2. The highest BCUT2D eigenvalue weighted by molar-refractivity contribution is 5.04. The van der Waals surface area contributed by atoms with E-state index in [0.717, 1.165) is 30.8 Å². The lowest BCUT2D eigenvalue weighted by Gasteiger charge is -2.08. The quantitative estimate of drug-likeness (QED) is 0.664. The van der Waals surface area contributed by atoms with Gasteiger partial charge in [-0.1, -0.05) is 6.92 Å². The van der Waals surface area contributed by atoms with Crippen LogP contribution in [-0.4, -0.2) is 42.9 Å². The third-order valence-corrected chi connectivity index (χ3v) is 2.66. The molecule has 0 aliphatic carbocycles. The van der Waals surface area contributed by atoms with E-state index in [0.29, 0.717) is 19.8 Å². The molecule has 5 nitrogen and oxygen atoms in total. The van der Waals surface area contributed by atoms with Crippen molar-refractivity contribution in [1.29, 1.82) is 0 Å². The summed E-state index contributed by atoms with van der Waals surface area (Å²) < 4.78 is 10.3. The Balaban J connectivity index is 2.35. The zero-order chi connectivity index (χ0) is 13.2. The van der Waals surface area contributed by atoms with E-state index in [1.54, 1.807) is 13.3 Å². The zero-order valence-electron chi connectivity index (χ0n) is 11.3. The van der Waals surface area contributed by atoms with Crippen molar-refractivity contribution in [2.24, 2.45) is 5.73 Å². The Morgan fingerprint density at radius 3 is 2.89 bits per heavy atom. The van der Waals surface area contributed by atoms with Crippen LogP contribution >= 0.6 is 0 Å². The maximum Gasteiger partial charge on any atom is 0.130 e. The van der Waals surface area contributed by atoms with Gasteiger partial charge in [0.1, 0.15) is 5.82 Å². The van der Waals surface area contributed by atoms with Crippen LogP contribution in [0.25, 0.3) is 0 Å². The van der Waals surface area contributed by atoms with Gasteiger partial charge in [-0.05, 0) is 12.5 Å². The number of aromatic nitrogens is 2. The highest BCUT2D eigenvalue weighted by Gasteiger charge is 2.04. The van der Waals surface area contributed by atoms with E-state index < -0.39 is 0 Å². The van der Waals surface area contributed by atoms with Crippen LogP contribution in [-0.2, 0) is 22.3 Å². The Morgan fingerprint density at radius 1 is 1.33 bits per heavy atom. The Bertz CT molecular complexity index is 334. The molecule has 0 aliphatic rings. The predicted octanol–water partition coefficient (Wildman–Crippen LogP) is 0.962. The predicted molar refractivity (Wildman–Crippen MR) is 70.4 cm³/mol. The Kier molecular flexibility index (Phi) is 7.48. The van der Waals surface area contributed by atoms with E-state index in [-0.39, 0.29) is 6.04 Å². The molecule has 102 valence electrons. The average molecular weight is 253 g/mol. The molecule has 1 aromatic rings. The molecule has 0 spiro atoms. The number of hydrogen-bond acceptors (Lipinski definition) is 5. The SMILES string of the molecule is CCC(N)Cc1ccnc(CCOCCOC)n1. The van der Waals surface area contributed by atoms with Gasteiger partial charge in [-0.25, -0.2) is 9.97 Å². The van der Waals surface area contributed by atoms with Crippen molar-refractivity contribution in [2.45, 2.75) is 32.2 Å². The Morgan fingerprint density at radius 2 is 2.17 bits per heavy atom. The van der Waals surface area contributed by atoms with Gasteiger partial charge in [0, 0.05) is 37.9 Å². The fourth-order valence-electron chi connectivity index (χ4n) is 1.50. The van der Waals surface area contributed by atoms with Gasteiger partial charge < -0.3 is 15.2 Å². The minimum atomic E-state index is 0.172. The lowest BCUT2D eigenvalue weighted by Crippen LogP contribution is -2.22. The molecule has 0 amide bonds. The summed E-state index contributed by atoms with van der Waals surface area (Å²) in [5, 5.41) is 0. The smallest absolute Gasteiger partial charge is 0.130 e. The molecule has 1 heterocycles. The molecule has 0 saturated heterocycles. The van der Waals surface area contributed by atoms with Crippen molar-refractivity contribution in [1.82, 2.24) is 9.97 Å². The molecule has 1 aromatic heterocycles. The summed E-state index contributed by atoms with van der Waals surface area (Å²) >= 11 is 0. The molecule has 1 atom stereocenters. The highest BCUT2D eigenvalue weighted by Crippen LogP contribution is 2.02. The van der Waals surface area contributed by atoms with Crippen LogP contribution < -0.4 is 5.73 Å². The number of ether oxygens (including phenoxy) is 2. The molecule has 1 unspecified atom stereocenters. The van der Waals surface area contributed by atoms with E-state index >= 15 is 0 Å². The molecule has 0 bridgehead atoms. The molecule has 1 rings (SSSR count). The minimum absolute atomic E-state index is 0.172. The lowest BCUT2D eigenvalue weighted by molar-refractivity contribution is 0.0716. The van der Waals surface area contributed by atoms with Crippen LogP contribution in [0, 0.1) is 0 Å². The van der Waals surface area contributed by atoms with Gasteiger partial charge in [0.25, 0.3) is 0 Å². The van der Waals surface area contributed by atoms with Crippen molar-refractivity contribution in [3.05, 3.63) is 23.8 Å². The van der Waals surface area contributed by atoms with Crippen molar-refractivity contribution >= 4 is 0 Å². The van der Waals surface area contributed by atoms with Gasteiger partial charge in [0.05, 0.1) is 19.8 Å². The zero-order valence-corrected chi connectivity index (χ0v) is 11.3. The van der Waals surface area contributed by atoms with Gasteiger partial charge in [-0.3, -0.25) is 0 Å². The van der Waals surface area contributed by atoms with Gasteiger partial charge in [-0.2, -0.15) is 0 Å². The van der Waals surface area contributed by atoms with Crippen LogP contribution in [0.2, 0.25) is 0 Å². The first-order chi connectivity index (χ1) is 8.76. The maximum atomic E-state index is 5.91. The monoisotopic (exact) mass is 253 g/mol. The first-order valence-corrected chi connectivity index (χ1v) is 6.39. The summed E-state index contributed by atoms with van der Waals surface area (Å²) in [5.74, 6) is 0.813. The minimum Gasteiger partial charge on any atom is -0.382 e. The van der Waals surface area contributed by atoms with E-state index in [4.69, 9.17) is 15.2 Å². The van der Waals surface area contributed by atoms with Gasteiger partial charge in [-0.15, -0.1) is 0 Å². The summed E-state index contributed by atoms with van der Waals surface area (Å²) in [4.78, 5) is 8.70. The normalized spacial score (nSPS) is 12.6. The van der Waals surface area contributed by atoms with Crippen LogP contribution in [0.3, 0.4) is 0 Å². The molecule has 18 heavy (non-hydrogen) atoms. The largest absolute Gasteiger partial charge is 0.382 e. The number of hydrogen-bond donors (Lipinski definition) is 1. The molecule has 0 radical (unpaired) electrons. The molecule has 0 aliphatic heterocycles. The van der Waals surface area contributed by atoms with Crippen LogP contribution in [0.15, 0.2) is 12.3 Å². The summed E-state index contributed by atoms with van der Waals surface area (Å²) in [7, 11) is 1.66. The molecular weight excluding hydrogens is 230 g/mol. The number of nitrogens with two attached hydrogens (primary N) is 1. The highest BCUT2D eigenvalue weighted by atomic mass is 16.5. The number of methoxy groups -OCH3 is 1. The topological polar surface area (TPSA) is 70.3 Å². The molecule has 0 saturated carbocycles. The van der Waals surface area contributed by atoms with Gasteiger partial charge >= 0.3 is 0 Å². The summed E-state index contributed by atoms with van der Waals surface area (Å²) in [6.45, 7) is 3.92. The van der Waals surface area contributed by atoms with Crippen molar-refractivity contribution in [2.75, 3.05) is 26.9 Å². The van der Waals surface area contributed by atoms with E-state index in [1.165, 1.54) is 0 Å². The molecule has 2 N–H and O–H groups in total. The molecule has 0 aromatic carbocycles. The van der Waals surface area contributed by atoms with Crippen molar-refractivity contribution in [3.8, 4) is 0 Å². The van der Waals surface area contributed by atoms with Crippen molar-refractivity contribution < 1.29 is 9.47 Å². The van der Waals surface area contributed by atoms with Gasteiger partial charge in [0.15, 0.2) is 0 Å². The summed E-state index contributed by atoms with van der Waals surface area (Å²) in [6.07, 6.45) is 4.27. The lowest BCUT2D eigenvalue weighted by atomic mass is 10.1. The van der Waals surface area contributed by atoms with Crippen molar-refractivity contribution in [3.63, 3.8) is 0 Å². The van der Waals surface area contributed by atoms with Crippen LogP contribution in [0.4, 0.5) is 0 Å². The standard InChI is InChI=1S/C13H23N3O2/c1-3-11(14)10-12-4-6-15-13(16-12)5-7-18-9-8-17-2/h4,6,11H,3,5,7-10,14H2,1-2H3. The second kappa shape index (κ2) is 8.97. The first kappa shape index (κ1) is 15.0. The van der Waals surface area contributed by atoms with Crippen LogP contribution in [0.5, 0.6) is 0 Å². The van der Waals surface area contributed by atoms with Gasteiger partial charge in [0.2, 0.25) is 0 Å². The molecular formula is C13H23N3O2. The Labute approximate surface area is 109 Å². The first-order valence-electron chi connectivity index (χ1n) is 6.39. The summed E-state index contributed by atoms with van der Waals surface area (Å²) in [6, 6.07) is 2.09. The number of rotatable bonds is 9. The third kappa shape index (κ3) is 6.05. The van der Waals surface area contributed by atoms with E-state index in [1.807, 2.05) is 6.07 Å². The second-order valence-corrected chi connectivity index (χ2v) is 4.19. The molecule has 0 fully saturated rings.